The molecule has 0 saturated carbocycles. The monoisotopic (exact) mass is 210 g/mol. The van der Waals surface area contributed by atoms with E-state index in [1.165, 1.54) is 5.56 Å². The lowest BCUT2D eigenvalue weighted by Crippen LogP contribution is -2.44. The third kappa shape index (κ3) is 3.07. The fourth-order valence-electron chi connectivity index (χ4n) is 1.14. The van der Waals surface area contributed by atoms with Crippen LogP contribution in [0.5, 0.6) is 0 Å². The second kappa shape index (κ2) is 4.71. The van der Waals surface area contributed by atoms with Gasteiger partial charge in [-0.3, -0.25) is 0 Å². The first-order valence-corrected chi connectivity index (χ1v) is 8.77. The Morgan fingerprint density at radius 3 is 2.46 bits per heavy atom. The number of hydrogen-bond donors (Lipinski definition) is 1. The molecule has 1 unspecified atom stereocenters. The Labute approximate surface area is 82.4 Å². The van der Waals surface area contributed by atoms with Gasteiger partial charge in [-0.25, -0.2) is 0 Å². The van der Waals surface area contributed by atoms with Crippen LogP contribution in [0.4, 0.5) is 0 Å². The molecule has 0 amide bonds. The van der Waals surface area contributed by atoms with E-state index in [4.69, 9.17) is 4.43 Å². The van der Waals surface area contributed by atoms with Gasteiger partial charge in [0.05, 0.1) is 0 Å². The highest BCUT2D eigenvalue weighted by atomic mass is 29.2. The SMILES string of the molecule is CO[Si](C)(Cc1ccccc1)[Si]O. The first kappa shape index (κ1) is 10.7. The van der Waals surface area contributed by atoms with Gasteiger partial charge in [0.15, 0.2) is 0 Å². The van der Waals surface area contributed by atoms with Crippen molar-refractivity contribution in [2.75, 3.05) is 7.11 Å². The summed E-state index contributed by atoms with van der Waals surface area (Å²) in [5.74, 6) is 0. The Bertz CT molecular complexity index is 247. The van der Waals surface area contributed by atoms with Crippen LogP contribution >= 0.6 is 0 Å². The van der Waals surface area contributed by atoms with Crippen LogP contribution in [-0.4, -0.2) is 29.0 Å². The van der Waals surface area contributed by atoms with E-state index in [0.29, 0.717) is 0 Å². The Kier molecular flexibility index (Phi) is 3.86. The molecule has 1 rings (SSSR count). The second-order valence-corrected chi connectivity index (χ2v) is 10.5. The molecular formula is C9H14O2Si2. The molecule has 0 spiro atoms. The van der Waals surface area contributed by atoms with Crippen molar-refractivity contribution in [1.82, 2.24) is 0 Å². The Hall–Kier alpha value is -0.426. The van der Waals surface area contributed by atoms with Crippen molar-refractivity contribution in [2.45, 2.75) is 12.6 Å². The predicted octanol–water partition coefficient (Wildman–Crippen LogP) is 1.10. The van der Waals surface area contributed by atoms with Crippen molar-refractivity contribution in [3.63, 3.8) is 0 Å². The van der Waals surface area contributed by atoms with E-state index in [1.54, 1.807) is 7.11 Å². The second-order valence-electron chi connectivity index (χ2n) is 3.21. The summed E-state index contributed by atoms with van der Waals surface area (Å²) in [4.78, 5) is 9.21. The third-order valence-corrected chi connectivity index (χ3v) is 7.09. The highest BCUT2D eigenvalue weighted by Gasteiger charge is 2.28. The summed E-state index contributed by atoms with van der Waals surface area (Å²) in [7, 11) is -0.218. The van der Waals surface area contributed by atoms with Crippen molar-refractivity contribution in [1.29, 1.82) is 0 Å². The van der Waals surface area contributed by atoms with Gasteiger partial charge in [-0.15, -0.1) is 0 Å². The number of rotatable bonds is 4. The summed E-state index contributed by atoms with van der Waals surface area (Å²) in [6, 6.07) is 11.1. The zero-order valence-electron chi connectivity index (χ0n) is 7.95. The minimum Gasteiger partial charge on any atom is -0.433 e. The summed E-state index contributed by atoms with van der Waals surface area (Å²) in [6.45, 7) is 2.05. The Morgan fingerprint density at radius 2 is 2.00 bits per heavy atom. The van der Waals surface area contributed by atoms with E-state index in [2.05, 4.69) is 18.7 Å². The smallest absolute Gasteiger partial charge is 0.243 e. The highest BCUT2D eigenvalue weighted by molar-refractivity contribution is 7.17. The molecule has 0 heterocycles. The minimum atomic E-state index is -1.85. The fraction of sp³-hybridized carbons (Fsp3) is 0.333. The average molecular weight is 210 g/mol. The maximum absolute atomic E-state index is 9.21. The molecule has 1 aromatic carbocycles. The number of benzene rings is 1. The van der Waals surface area contributed by atoms with E-state index in [-0.39, 0.29) is 9.28 Å². The van der Waals surface area contributed by atoms with Gasteiger partial charge in [0.25, 0.3) is 0 Å². The van der Waals surface area contributed by atoms with Gasteiger partial charge in [0, 0.05) is 7.11 Å². The van der Waals surface area contributed by atoms with Crippen LogP contribution in [0, 0.1) is 0 Å². The van der Waals surface area contributed by atoms with Crippen LogP contribution in [0.1, 0.15) is 5.56 Å². The van der Waals surface area contributed by atoms with Crippen LogP contribution < -0.4 is 0 Å². The summed E-state index contributed by atoms with van der Waals surface area (Å²) in [5.41, 5.74) is 1.25. The maximum atomic E-state index is 9.21. The van der Waals surface area contributed by atoms with Gasteiger partial charge >= 0.3 is 0 Å². The first-order valence-electron chi connectivity index (χ1n) is 4.20. The van der Waals surface area contributed by atoms with Crippen LogP contribution in [-0.2, 0) is 10.5 Å². The molecule has 4 heteroatoms. The summed E-state index contributed by atoms with van der Waals surface area (Å²) >= 11 is 0. The van der Waals surface area contributed by atoms with Crippen molar-refractivity contribution in [2.24, 2.45) is 0 Å². The normalized spacial score (nSPS) is 15.3. The minimum absolute atomic E-state index is 0.0560. The number of hydrogen-bond acceptors (Lipinski definition) is 2. The van der Waals surface area contributed by atoms with E-state index < -0.39 is 7.83 Å². The first-order chi connectivity index (χ1) is 6.20. The molecule has 0 aliphatic rings. The molecule has 2 radical (unpaired) electrons. The fourth-order valence-corrected chi connectivity index (χ4v) is 3.60. The molecule has 13 heavy (non-hydrogen) atoms. The maximum Gasteiger partial charge on any atom is 0.243 e. The molecule has 2 nitrogen and oxygen atoms in total. The lowest BCUT2D eigenvalue weighted by molar-refractivity contribution is 0.408. The quantitative estimate of drug-likeness (QED) is 0.754. The van der Waals surface area contributed by atoms with Gasteiger partial charge in [-0.2, -0.15) is 0 Å². The lowest BCUT2D eigenvalue weighted by Gasteiger charge is -2.21. The molecule has 1 aromatic rings. The molecule has 0 fully saturated rings. The van der Waals surface area contributed by atoms with Crippen LogP contribution in [0.25, 0.3) is 0 Å². The molecule has 0 bridgehead atoms. The van der Waals surface area contributed by atoms with Gasteiger partial charge in [-0.05, 0) is 18.2 Å². The molecule has 0 saturated heterocycles. The Morgan fingerprint density at radius 1 is 1.38 bits per heavy atom. The molecule has 1 N–H and O–H groups in total. The van der Waals surface area contributed by atoms with E-state index >= 15 is 0 Å². The van der Waals surface area contributed by atoms with E-state index in [9.17, 15) is 4.80 Å². The zero-order valence-corrected chi connectivity index (χ0v) is 9.95. The zero-order chi connectivity index (χ0) is 9.73. The van der Waals surface area contributed by atoms with Gasteiger partial charge in [0.2, 0.25) is 17.1 Å². The van der Waals surface area contributed by atoms with Crippen LogP contribution in [0.3, 0.4) is 0 Å². The predicted molar refractivity (Wildman–Crippen MR) is 56.7 cm³/mol. The van der Waals surface area contributed by atoms with Gasteiger partial charge in [-0.1, -0.05) is 30.3 Å². The molecule has 1 atom stereocenters. The van der Waals surface area contributed by atoms with Crippen molar-refractivity contribution in [3.05, 3.63) is 35.9 Å². The van der Waals surface area contributed by atoms with E-state index in [1.807, 2.05) is 18.2 Å². The van der Waals surface area contributed by atoms with Gasteiger partial charge in [0.1, 0.15) is 0 Å². The topological polar surface area (TPSA) is 29.5 Å². The third-order valence-electron chi connectivity index (χ3n) is 2.07. The molecule has 0 aliphatic heterocycles. The van der Waals surface area contributed by atoms with Crippen molar-refractivity contribution in [3.8, 4) is 0 Å². The largest absolute Gasteiger partial charge is 0.433 e. The summed E-state index contributed by atoms with van der Waals surface area (Å²) in [6.07, 6.45) is 0. The van der Waals surface area contributed by atoms with Crippen LogP contribution in [0.2, 0.25) is 6.55 Å². The molecule has 0 aliphatic carbocycles. The van der Waals surface area contributed by atoms with Crippen molar-refractivity contribution >= 4 is 17.1 Å². The molecule has 70 valence electrons. The van der Waals surface area contributed by atoms with Crippen LogP contribution in [0.15, 0.2) is 30.3 Å². The molecular weight excluding hydrogens is 196 g/mol. The molecule has 0 aromatic heterocycles. The average Bonchev–Trinajstić information content (AvgIpc) is 2.19. The Balaban J connectivity index is 2.68. The lowest BCUT2D eigenvalue weighted by atomic mass is 10.2. The standard InChI is InChI=1S/C9H14O2Si2/c1-11-13(2,12-10)8-9-6-4-3-5-7-9/h3-7,10H,8H2,1-2H3. The van der Waals surface area contributed by atoms with Gasteiger partial charge < -0.3 is 9.22 Å². The summed E-state index contributed by atoms with van der Waals surface area (Å²) < 4.78 is 5.39. The summed E-state index contributed by atoms with van der Waals surface area (Å²) in [5, 5.41) is 0. The van der Waals surface area contributed by atoms with Crippen molar-refractivity contribution < 1.29 is 9.22 Å². The van der Waals surface area contributed by atoms with E-state index in [0.717, 1.165) is 6.04 Å². The highest BCUT2D eigenvalue weighted by Crippen LogP contribution is 2.10.